The van der Waals surface area contributed by atoms with Crippen molar-refractivity contribution >= 4 is 28.2 Å². The van der Waals surface area contributed by atoms with Crippen LogP contribution in [-0.2, 0) is 14.4 Å². The number of carbonyl (C=O) groups is 2. The molecule has 7 heteroatoms. The van der Waals surface area contributed by atoms with Gasteiger partial charge in [-0.2, -0.15) is 0 Å². The molecule has 3 aromatic rings. The van der Waals surface area contributed by atoms with Crippen LogP contribution in [0.15, 0.2) is 65.8 Å². The van der Waals surface area contributed by atoms with Gasteiger partial charge in [-0.05, 0) is 35.9 Å². The SMILES string of the molecule is C/C(=N\OCC(=O)OCC(=O)c1cccc2ccccc12)c1ccc2c(c1)OCO2. The van der Waals surface area contributed by atoms with Crippen molar-refractivity contribution in [1.82, 2.24) is 0 Å². The third kappa shape index (κ3) is 4.25. The van der Waals surface area contributed by atoms with E-state index in [0.29, 0.717) is 22.8 Å². The Morgan fingerprint density at radius 1 is 0.967 bits per heavy atom. The molecule has 0 unspecified atom stereocenters. The van der Waals surface area contributed by atoms with Gasteiger partial charge in [0, 0.05) is 11.1 Å². The lowest BCUT2D eigenvalue weighted by Gasteiger charge is -2.07. The van der Waals surface area contributed by atoms with E-state index in [1.807, 2.05) is 36.4 Å². The lowest BCUT2D eigenvalue weighted by molar-refractivity contribution is -0.147. The fraction of sp³-hybridized carbons (Fsp3) is 0.174. The van der Waals surface area contributed by atoms with Crippen molar-refractivity contribution in [3.63, 3.8) is 0 Å². The van der Waals surface area contributed by atoms with E-state index in [1.54, 1.807) is 31.2 Å². The molecule has 0 atom stereocenters. The van der Waals surface area contributed by atoms with Crippen LogP contribution in [0.1, 0.15) is 22.8 Å². The normalized spacial score (nSPS) is 12.6. The van der Waals surface area contributed by atoms with Gasteiger partial charge in [-0.25, -0.2) is 4.79 Å². The summed E-state index contributed by atoms with van der Waals surface area (Å²) >= 11 is 0. The molecular formula is C23H19NO6. The number of nitrogens with zero attached hydrogens (tertiary/aromatic N) is 1. The Bertz CT molecular complexity index is 1130. The summed E-state index contributed by atoms with van der Waals surface area (Å²) in [6, 6.07) is 18.4. The van der Waals surface area contributed by atoms with E-state index in [0.717, 1.165) is 16.3 Å². The summed E-state index contributed by atoms with van der Waals surface area (Å²) in [4.78, 5) is 29.4. The van der Waals surface area contributed by atoms with Gasteiger partial charge in [-0.1, -0.05) is 47.6 Å². The fourth-order valence-corrected chi connectivity index (χ4v) is 3.09. The minimum absolute atomic E-state index is 0.189. The monoisotopic (exact) mass is 405 g/mol. The molecule has 0 aliphatic carbocycles. The molecule has 0 fully saturated rings. The highest BCUT2D eigenvalue weighted by Crippen LogP contribution is 2.32. The highest BCUT2D eigenvalue weighted by Gasteiger charge is 2.15. The van der Waals surface area contributed by atoms with E-state index in [1.165, 1.54) is 0 Å². The number of esters is 1. The van der Waals surface area contributed by atoms with E-state index in [2.05, 4.69) is 5.16 Å². The lowest BCUT2D eigenvalue weighted by Crippen LogP contribution is -2.17. The number of hydrogen-bond donors (Lipinski definition) is 0. The molecule has 0 spiro atoms. The number of ether oxygens (including phenoxy) is 3. The van der Waals surface area contributed by atoms with Gasteiger partial charge in [-0.15, -0.1) is 0 Å². The molecule has 0 radical (unpaired) electrons. The van der Waals surface area contributed by atoms with Gasteiger partial charge in [0.1, 0.15) is 0 Å². The maximum absolute atomic E-state index is 12.5. The van der Waals surface area contributed by atoms with Gasteiger partial charge in [0.25, 0.3) is 0 Å². The smallest absolute Gasteiger partial charge is 0.347 e. The van der Waals surface area contributed by atoms with Crippen LogP contribution in [0.5, 0.6) is 11.5 Å². The molecule has 4 rings (SSSR count). The maximum Gasteiger partial charge on any atom is 0.347 e. The van der Waals surface area contributed by atoms with Gasteiger partial charge in [0.05, 0.1) is 5.71 Å². The molecule has 30 heavy (non-hydrogen) atoms. The predicted molar refractivity (Wildman–Crippen MR) is 110 cm³/mol. The highest BCUT2D eigenvalue weighted by molar-refractivity contribution is 6.09. The van der Waals surface area contributed by atoms with E-state index in [4.69, 9.17) is 19.0 Å². The number of ketones is 1. The number of carbonyl (C=O) groups excluding carboxylic acids is 2. The van der Waals surface area contributed by atoms with Gasteiger partial charge >= 0.3 is 5.97 Å². The van der Waals surface area contributed by atoms with Gasteiger partial charge in [0.15, 0.2) is 18.1 Å². The van der Waals surface area contributed by atoms with E-state index >= 15 is 0 Å². The zero-order valence-corrected chi connectivity index (χ0v) is 16.3. The average Bonchev–Trinajstić information content (AvgIpc) is 3.25. The Morgan fingerprint density at radius 2 is 1.77 bits per heavy atom. The molecule has 1 aliphatic heterocycles. The van der Waals surface area contributed by atoms with Crippen molar-refractivity contribution < 1.29 is 28.6 Å². The van der Waals surface area contributed by atoms with Gasteiger partial charge in [0.2, 0.25) is 19.2 Å². The van der Waals surface area contributed by atoms with Crippen molar-refractivity contribution in [2.75, 3.05) is 20.0 Å². The van der Waals surface area contributed by atoms with Crippen molar-refractivity contribution in [3.05, 3.63) is 71.8 Å². The van der Waals surface area contributed by atoms with Crippen LogP contribution < -0.4 is 9.47 Å². The molecule has 1 aliphatic rings. The number of benzene rings is 3. The number of hydrogen-bond acceptors (Lipinski definition) is 7. The standard InChI is InChI=1S/C23H19NO6/c1-15(17-9-10-21-22(11-17)29-14-28-21)24-30-13-23(26)27-12-20(25)19-8-4-6-16-5-2-3-7-18(16)19/h2-11H,12-14H2,1H3/b24-15+. The highest BCUT2D eigenvalue weighted by atomic mass is 16.7. The molecule has 7 nitrogen and oxygen atoms in total. The third-order valence-electron chi connectivity index (χ3n) is 4.63. The van der Waals surface area contributed by atoms with E-state index in [9.17, 15) is 9.59 Å². The zero-order valence-electron chi connectivity index (χ0n) is 16.3. The Morgan fingerprint density at radius 3 is 2.67 bits per heavy atom. The second-order valence-electron chi connectivity index (χ2n) is 6.63. The van der Waals surface area contributed by atoms with Crippen LogP contribution in [0.3, 0.4) is 0 Å². The summed E-state index contributed by atoms with van der Waals surface area (Å²) in [5, 5.41) is 5.69. The summed E-state index contributed by atoms with van der Waals surface area (Å²) in [6.45, 7) is 1.17. The minimum Gasteiger partial charge on any atom is -0.455 e. The van der Waals surface area contributed by atoms with Gasteiger partial charge in [-0.3, -0.25) is 4.79 Å². The Kier molecular flexibility index (Phi) is 5.61. The quantitative estimate of drug-likeness (QED) is 0.258. The van der Waals surface area contributed by atoms with Crippen molar-refractivity contribution in [2.24, 2.45) is 5.16 Å². The predicted octanol–water partition coefficient (Wildman–Crippen LogP) is 3.74. The first-order chi connectivity index (χ1) is 14.6. The molecule has 0 bridgehead atoms. The first-order valence-corrected chi connectivity index (χ1v) is 9.35. The molecule has 3 aromatic carbocycles. The van der Waals surface area contributed by atoms with E-state index < -0.39 is 12.6 Å². The molecule has 0 N–H and O–H groups in total. The molecular weight excluding hydrogens is 386 g/mol. The number of Topliss-reactive ketones (excluding diaryl/α,β-unsaturated/α-hetero) is 1. The first kappa shape index (κ1) is 19.4. The minimum atomic E-state index is -0.675. The topological polar surface area (TPSA) is 83.4 Å². The maximum atomic E-state index is 12.5. The number of fused-ring (bicyclic) bond motifs is 2. The van der Waals surface area contributed by atoms with Crippen LogP contribution in [-0.4, -0.2) is 37.5 Å². The summed E-state index contributed by atoms with van der Waals surface area (Å²) in [6.07, 6.45) is 0. The summed E-state index contributed by atoms with van der Waals surface area (Å²) in [7, 11) is 0. The summed E-state index contributed by atoms with van der Waals surface area (Å²) < 4.78 is 15.6. The van der Waals surface area contributed by atoms with Crippen molar-refractivity contribution in [2.45, 2.75) is 6.92 Å². The summed E-state index contributed by atoms with van der Waals surface area (Å²) in [5.41, 5.74) is 1.85. The van der Waals surface area contributed by atoms with Crippen LogP contribution in [0, 0.1) is 0 Å². The van der Waals surface area contributed by atoms with Crippen molar-refractivity contribution in [1.29, 1.82) is 0 Å². The molecule has 1 heterocycles. The largest absolute Gasteiger partial charge is 0.455 e. The molecule has 152 valence electrons. The fourth-order valence-electron chi connectivity index (χ4n) is 3.09. The summed E-state index contributed by atoms with van der Waals surface area (Å²) in [5.74, 6) is 0.353. The van der Waals surface area contributed by atoms with Crippen LogP contribution >= 0.6 is 0 Å². The van der Waals surface area contributed by atoms with Gasteiger partial charge < -0.3 is 19.0 Å². The molecule has 0 amide bonds. The third-order valence-corrected chi connectivity index (χ3v) is 4.63. The first-order valence-electron chi connectivity index (χ1n) is 9.35. The molecule has 0 saturated heterocycles. The second-order valence-corrected chi connectivity index (χ2v) is 6.63. The lowest BCUT2D eigenvalue weighted by atomic mass is 10.0. The molecule has 0 aromatic heterocycles. The van der Waals surface area contributed by atoms with Crippen molar-refractivity contribution in [3.8, 4) is 11.5 Å². The van der Waals surface area contributed by atoms with Crippen LogP contribution in [0.25, 0.3) is 10.8 Å². The van der Waals surface area contributed by atoms with Crippen LogP contribution in [0.4, 0.5) is 0 Å². The van der Waals surface area contributed by atoms with E-state index in [-0.39, 0.29) is 19.2 Å². The number of rotatable bonds is 7. The zero-order chi connectivity index (χ0) is 20.9. The Balaban J connectivity index is 1.29. The van der Waals surface area contributed by atoms with Crippen LogP contribution in [0.2, 0.25) is 0 Å². The Labute approximate surface area is 172 Å². The molecule has 0 saturated carbocycles. The Hall–Kier alpha value is -3.87. The average molecular weight is 405 g/mol. The second kappa shape index (κ2) is 8.65. The number of oxime groups is 1.